The Balaban J connectivity index is 1.28. The van der Waals surface area contributed by atoms with Crippen LogP contribution < -0.4 is 10.6 Å². The van der Waals surface area contributed by atoms with Crippen LogP contribution in [0.4, 0.5) is 9.59 Å². The second-order valence-corrected chi connectivity index (χ2v) is 11.5. The molecule has 0 aromatic heterocycles. The van der Waals surface area contributed by atoms with E-state index in [4.69, 9.17) is 0 Å². The first kappa shape index (κ1) is 24.3. The Morgan fingerprint density at radius 3 is 2.50 bits per heavy atom. The van der Waals surface area contributed by atoms with Gasteiger partial charge in [0.2, 0.25) is 5.91 Å². The standard InChI is InChI=1S/C24H32N4O5S/c1-16-10-12-28(22(29)13-16)23(30)25-11-9-17-4-7-20(8-5-17)34(32,33)27(2)24(31)26-21-15-18-3-6-19(21)14-18/h3-8,16,18-19,21H,9-15H2,1-2H3,(H,25,30)(H,26,31). The average Bonchev–Trinajstić information content (AvgIpc) is 3.42. The first-order valence-corrected chi connectivity index (χ1v) is 13.2. The zero-order chi connectivity index (χ0) is 24.5. The number of carbonyl (C=O) groups is 3. The summed E-state index contributed by atoms with van der Waals surface area (Å²) >= 11 is 0. The lowest BCUT2D eigenvalue weighted by atomic mass is 9.99. The van der Waals surface area contributed by atoms with Crippen molar-refractivity contribution in [2.45, 2.75) is 50.0 Å². The lowest BCUT2D eigenvalue weighted by Crippen LogP contribution is -2.48. The predicted molar refractivity (Wildman–Crippen MR) is 126 cm³/mol. The van der Waals surface area contributed by atoms with Crippen molar-refractivity contribution in [3.8, 4) is 0 Å². The van der Waals surface area contributed by atoms with Gasteiger partial charge in [-0.2, -0.15) is 0 Å². The Kier molecular flexibility index (Phi) is 6.97. The molecular formula is C24H32N4O5S. The van der Waals surface area contributed by atoms with Gasteiger partial charge in [0.15, 0.2) is 0 Å². The van der Waals surface area contributed by atoms with E-state index >= 15 is 0 Å². The van der Waals surface area contributed by atoms with Crippen molar-refractivity contribution >= 4 is 28.0 Å². The molecule has 2 fully saturated rings. The summed E-state index contributed by atoms with van der Waals surface area (Å²) in [6.45, 7) is 2.75. The molecular weight excluding hydrogens is 456 g/mol. The molecule has 2 N–H and O–H groups in total. The molecule has 2 aliphatic carbocycles. The number of hydrogen-bond donors (Lipinski definition) is 2. The molecule has 184 valence electrons. The Hall–Kier alpha value is -2.88. The fourth-order valence-corrected chi connectivity index (χ4v) is 5.97. The molecule has 3 aliphatic rings. The Morgan fingerprint density at radius 2 is 1.88 bits per heavy atom. The summed E-state index contributed by atoms with van der Waals surface area (Å²) in [6.07, 6.45) is 7.79. The molecule has 4 rings (SSSR count). The number of allylic oxidation sites excluding steroid dienone is 1. The van der Waals surface area contributed by atoms with Crippen LogP contribution in [0.15, 0.2) is 41.3 Å². The number of imide groups is 1. The third-order valence-corrected chi connectivity index (χ3v) is 8.81. The number of rotatable bonds is 6. The number of piperidine rings is 1. The summed E-state index contributed by atoms with van der Waals surface area (Å²) in [5, 5.41) is 5.61. The predicted octanol–water partition coefficient (Wildman–Crippen LogP) is 2.49. The number of nitrogens with zero attached hydrogens (tertiary/aromatic N) is 2. The van der Waals surface area contributed by atoms with Crippen LogP contribution in [0.2, 0.25) is 0 Å². The van der Waals surface area contributed by atoms with Gasteiger partial charge in [-0.25, -0.2) is 22.3 Å². The number of fused-ring (bicyclic) bond motifs is 2. The third kappa shape index (κ3) is 5.11. The second-order valence-electron chi connectivity index (χ2n) is 9.58. The molecule has 1 saturated carbocycles. The first-order valence-electron chi connectivity index (χ1n) is 11.8. The van der Waals surface area contributed by atoms with E-state index in [2.05, 4.69) is 22.8 Å². The number of carbonyl (C=O) groups excluding carboxylic acids is 3. The SMILES string of the molecule is CC1CCN(C(=O)NCCc2ccc(S(=O)(=O)N(C)C(=O)NC3CC4C=CC3C4)cc2)C(=O)C1. The van der Waals surface area contributed by atoms with Crippen molar-refractivity contribution in [3.05, 3.63) is 42.0 Å². The molecule has 5 amide bonds. The van der Waals surface area contributed by atoms with Crippen molar-refractivity contribution in [2.75, 3.05) is 20.1 Å². The minimum atomic E-state index is -3.98. The highest BCUT2D eigenvalue weighted by Crippen LogP contribution is 2.39. The highest BCUT2D eigenvalue weighted by molar-refractivity contribution is 7.89. The first-order chi connectivity index (χ1) is 16.1. The number of sulfonamides is 1. The molecule has 1 aromatic rings. The normalized spacial score (nSPS) is 25.9. The minimum absolute atomic E-state index is 0.0265. The summed E-state index contributed by atoms with van der Waals surface area (Å²) in [7, 11) is -2.72. The fourth-order valence-electron chi connectivity index (χ4n) is 4.90. The molecule has 4 atom stereocenters. The zero-order valence-electron chi connectivity index (χ0n) is 19.6. The van der Waals surface area contributed by atoms with Gasteiger partial charge in [-0.05, 0) is 61.1 Å². The largest absolute Gasteiger partial charge is 0.337 e. The van der Waals surface area contributed by atoms with E-state index in [0.717, 1.165) is 29.1 Å². The minimum Gasteiger partial charge on any atom is -0.337 e. The van der Waals surface area contributed by atoms with E-state index in [1.165, 1.54) is 24.1 Å². The quantitative estimate of drug-likeness (QED) is 0.597. The summed E-state index contributed by atoms with van der Waals surface area (Å²) in [4.78, 5) is 38.1. The monoisotopic (exact) mass is 488 g/mol. The van der Waals surface area contributed by atoms with Crippen LogP contribution in [0.3, 0.4) is 0 Å². The molecule has 0 spiro atoms. The van der Waals surface area contributed by atoms with Gasteiger partial charge in [-0.15, -0.1) is 0 Å². The number of urea groups is 2. The molecule has 34 heavy (non-hydrogen) atoms. The van der Waals surface area contributed by atoms with E-state index in [-0.39, 0.29) is 22.8 Å². The van der Waals surface area contributed by atoms with Gasteiger partial charge in [0.1, 0.15) is 0 Å². The molecule has 10 heteroatoms. The molecule has 1 aliphatic heterocycles. The van der Waals surface area contributed by atoms with Crippen LogP contribution >= 0.6 is 0 Å². The van der Waals surface area contributed by atoms with Gasteiger partial charge in [0.25, 0.3) is 10.0 Å². The van der Waals surface area contributed by atoms with Crippen molar-refractivity contribution in [1.29, 1.82) is 0 Å². The smallest absolute Gasteiger partial charge is 0.331 e. The molecule has 1 aromatic carbocycles. The van der Waals surface area contributed by atoms with Gasteiger partial charge in [-0.1, -0.05) is 31.2 Å². The highest BCUT2D eigenvalue weighted by Gasteiger charge is 2.38. The van der Waals surface area contributed by atoms with Gasteiger partial charge >= 0.3 is 12.1 Å². The van der Waals surface area contributed by atoms with Crippen molar-refractivity contribution in [1.82, 2.24) is 19.8 Å². The molecule has 1 heterocycles. The van der Waals surface area contributed by atoms with Gasteiger partial charge in [0, 0.05) is 32.6 Å². The van der Waals surface area contributed by atoms with Crippen LogP contribution in [0.1, 0.15) is 38.2 Å². The lowest BCUT2D eigenvalue weighted by Gasteiger charge is -2.28. The van der Waals surface area contributed by atoms with E-state index < -0.39 is 22.1 Å². The van der Waals surface area contributed by atoms with Crippen LogP contribution in [0.5, 0.6) is 0 Å². The van der Waals surface area contributed by atoms with E-state index in [9.17, 15) is 22.8 Å². The molecule has 9 nitrogen and oxygen atoms in total. The molecule has 4 unspecified atom stereocenters. The lowest BCUT2D eigenvalue weighted by molar-refractivity contribution is -0.131. The maximum atomic E-state index is 12.9. The van der Waals surface area contributed by atoms with Crippen molar-refractivity contribution in [3.63, 3.8) is 0 Å². The van der Waals surface area contributed by atoms with Crippen molar-refractivity contribution in [2.24, 2.45) is 17.8 Å². The highest BCUT2D eigenvalue weighted by atomic mass is 32.2. The summed E-state index contributed by atoms with van der Waals surface area (Å²) in [5.74, 6) is 0.891. The van der Waals surface area contributed by atoms with E-state index in [1.54, 1.807) is 12.1 Å². The topological polar surface area (TPSA) is 116 Å². The Bertz CT molecular complexity index is 1090. The van der Waals surface area contributed by atoms with Crippen LogP contribution in [0.25, 0.3) is 0 Å². The molecule has 0 radical (unpaired) electrons. The number of amides is 5. The molecule has 2 bridgehead atoms. The maximum absolute atomic E-state index is 12.9. The van der Waals surface area contributed by atoms with Crippen LogP contribution in [-0.2, 0) is 21.2 Å². The summed E-state index contributed by atoms with van der Waals surface area (Å²) in [5.41, 5.74) is 0.832. The van der Waals surface area contributed by atoms with Gasteiger partial charge in [-0.3, -0.25) is 9.69 Å². The fraction of sp³-hybridized carbons (Fsp3) is 0.542. The van der Waals surface area contributed by atoms with Crippen LogP contribution in [-0.4, -0.2) is 61.8 Å². The number of nitrogens with one attached hydrogen (secondary N) is 2. The van der Waals surface area contributed by atoms with Gasteiger partial charge < -0.3 is 10.6 Å². The second kappa shape index (κ2) is 9.77. The number of benzene rings is 1. The maximum Gasteiger partial charge on any atom is 0.331 e. The molecule has 1 saturated heterocycles. The van der Waals surface area contributed by atoms with Gasteiger partial charge in [0.05, 0.1) is 4.90 Å². The van der Waals surface area contributed by atoms with E-state index in [1.807, 2.05) is 6.92 Å². The third-order valence-electron chi connectivity index (χ3n) is 7.06. The number of hydrogen-bond acceptors (Lipinski definition) is 5. The average molecular weight is 489 g/mol. The zero-order valence-corrected chi connectivity index (χ0v) is 20.4. The Labute approximate surface area is 200 Å². The van der Waals surface area contributed by atoms with E-state index in [0.29, 0.717) is 37.8 Å². The number of likely N-dealkylation sites (tertiary alicyclic amines) is 1. The summed E-state index contributed by atoms with van der Waals surface area (Å²) < 4.78 is 26.6. The van der Waals surface area contributed by atoms with Crippen LogP contribution in [0, 0.1) is 17.8 Å². The Morgan fingerprint density at radius 1 is 1.15 bits per heavy atom. The van der Waals surface area contributed by atoms with Crippen molar-refractivity contribution < 1.29 is 22.8 Å². The summed E-state index contributed by atoms with van der Waals surface area (Å²) in [6, 6.07) is 5.21.